The number of aliphatic carboxylic acids is 1. The number of hydrogen-bond acceptors (Lipinski definition) is 6. The molecule has 192 valence electrons. The number of aliphatic hydroxyl groups excluding tert-OH is 1. The summed E-state index contributed by atoms with van der Waals surface area (Å²) in [5, 5.41) is 19.7. The van der Waals surface area contributed by atoms with Crippen LogP contribution in [0.2, 0.25) is 0 Å². The summed E-state index contributed by atoms with van der Waals surface area (Å²) in [5.74, 6) is -2.75. The van der Waals surface area contributed by atoms with E-state index < -0.39 is 34.8 Å². The predicted octanol–water partition coefficient (Wildman–Crippen LogP) is 4.69. The molecule has 35 heavy (non-hydrogen) atoms. The number of rotatable bonds is 11. The van der Waals surface area contributed by atoms with Crippen molar-refractivity contribution in [2.24, 2.45) is 17.8 Å². The van der Waals surface area contributed by atoms with Crippen LogP contribution in [0.5, 0.6) is 5.75 Å². The molecular formula is C27H36FNO6. The third-order valence-corrected chi connectivity index (χ3v) is 7.23. The maximum Gasteiger partial charge on any atom is 0.303 e. The molecule has 0 radical (unpaired) electrons. The minimum Gasteiger partial charge on any atom is -0.511 e. The molecule has 1 saturated carbocycles. The zero-order valence-corrected chi connectivity index (χ0v) is 21.0. The maximum atomic E-state index is 14.6. The molecule has 1 aliphatic carbocycles. The zero-order chi connectivity index (χ0) is 25.9. The fraction of sp³-hybridized carbons (Fsp3) is 0.593. The molecule has 0 saturated heterocycles. The zero-order valence-electron chi connectivity index (χ0n) is 21.0. The molecule has 3 rings (SSSR count). The van der Waals surface area contributed by atoms with Crippen molar-refractivity contribution in [3.05, 3.63) is 40.9 Å². The lowest BCUT2D eigenvalue weighted by Gasteiger charge is -2.36. The second-order valence-electron chi connectivity index (χ2n) is 10.7. The minimum absolute atomic E-state index is 0.0699. The van der Waals surface area contributed by atoms with E-state index in [2.05, 4.69) is 0 Å². The monoisotopic (exact) mass is 489 g/mol. The molecule has 1 aliphatic heterocycles. The quantitative estimate of drug-likeness (QED) is 0.435. The summed E-state index contributed by atoms with van der Waals surface area (Å²) >= 11 is 0. The summed E-state index contributed by atoms with van der Waals surface area (Å²) in [6.07, 6.45) is 2.54. The van der Waals surface area contributed by atoms with Crippen LogP contribution in [-0.2, 0) is 20.9 Å². The first-order chi connectivity index (χ1) is 16.4. The smallest absolute Gasteiger partial charge is 0.303 e. The van der Waals surface area contributed by atoms with E-state index in [-0.39, 0.29) is 48.9 Å². The van der Waals surface area contributed by atoms with Crippen molar-refractivity contribution < 1.29 is 33.7 Å². The van der Waals surface area contributed by atoms with Crippen LogP contribution in [0.4, 0.5) is 4.39 Å². The SMILES string of the molecule is CC(CCC(=O)O)C(C)C(=O)C1=C(O)CC(C)(C)N(Cc2ccc(OCC3CC3)c(F)c2)CC1=O. The molecule has 0 amide bonds. The van der Waals surface area contributed by atoms with Gasteiger partial charge in [-0.3, -0.25) is 19.3 Å². The van der Waals surface area contributed by atoms with Crippen molar-refractivity contribution >= 4 is 17.5 Å². The highest BCUT2D eigenvalue weighted by Crippen LogP contribution is 2.33. The highest BCUT2D eigenvalue weighted by Gasteiger charge is 2.39. The lowest BCUT2D eigenvalue weighted by Crippen LogP contribution is -2.45. The minimum atomic E-state index is -0.944. The van der Waals surface area contributed by atoms with Gasteiger partial charge in [0.2, 0.25) is 0 Å². The van der Waals surface area contributed by atoms with E-state index in [0.717, 1.165) is 12.8 Å². The van der Waals surface area contributed by atoms with Crippen molar-refractivity contribution in [2.45, 2.75) is 71.9 Å². The molecule has 1 fully saturated rings. The molecule has 2 aliphatic rings. The molecule has 1 aromatic rings. The molecule has 2 unspecified atom stereocenters. The standard InChI is InChI=1S/C27H36FNO6/c1-16(5-10-24(32)33)17(2)26(34)25-21(30)12-27(3,4)29(14-22(25)31)13-19-8-9-23(20(28)11-19)35-15-18-6-7-18/h8-9,11,16-18,30H,5-7,10,12-15H2,1-4H3,(H,32,33). The predicted molar refractivity (Wildman–Crippen MR) is 129 cm³/mol. The van der Waals surface area contributed by atoms with Gasteiger partial charge in [-0.2, -0.15) is 0 Å². The number of carboxylic acid groups (broad SMARTS) is 1. The number of nitrogens with zero attached hydrogens (tertiary/aromatic N) is 1. The first-order valence-corrected chi connectivity index (χ1v) is 12.3. The summed E-state index contributed by atoms with van der Waals surface area (Å²) in [6, 6.07) is 4.77. The Labute approximate surface area is 206 Å². The molecule has 1 heterocycles. The average molecular weight is 490 g/mol. The van der Waals surface area contributed by atoms with Crippen molar-refractivity contribution in [2.75, 3.05) is 13.2 Å². The van der Waals surface area contributed by atoms with E-state index in [4.69, 9.17) is 9.84 Å². The molecular weight excluding hydrogens is 453 g/mol. The largest absolute Gasteiger partial charge is 0.511 e. The van der Waals surface area contributed by atoms with Crippen molar-refractivity contribution in [1.29, 1.82) is 0 Å². The lowest BCUT2D eigenvalue weighted by atomic mass is 9.83. The van der Waals surface area contributed by atoms with Crippen LogP contribution < -0.4 is 4.74 Å². The van der Waals surface area contributed by atoms with Gasteiger partial charge in [0.15, 0.2) is 23.1 Å². The highest BCUT2D eigenvalue weighted by molar-refractivity contribution is 6.22. The number of carbonyl (C=O) groups excluding carboxylic acids is 2. The first-order valence-electron chi connectivity index (χ1n) is 12.3. The van der Waals surface area contributed by atoms with E-state index >= 15 is 0 Å². The topological polar surface area (TPSA) is 104 Å². The lowest BCUT2D eigenvalue weighted by molar-refractivity contribution is -0.138. The molecule has 7 nitrogen and oxygen atoms in total. The number of carboxylic acids is 1. The number of aliphatic hydroxyl groups is 1. The van der Waals surface area contributed by atoms with Gasteiger partial charge in [0.05, 0.1) is 18.7 Å². The Kier molecular flexibility index (Phi) is 8.36. The summed E-state index contributed by atoms with van der Waals surface area (Å²) in [4.78, 5) is 39.0. The Morgan fingerprint density at radius 3 is 2.54 bits per heavy atom. The van der Waals surface area contributed by atoms with E-state index in [1.54, 1.807) is 26.0 Å². The molecule has 0 bridgehead atoms. The number of carbonyl (C=O) groups is 3. The van der Waals surface area contributed by atoms with Crippen molar-refractivity contribution in [3.63, 3.8) is 0 Å². The van der Waals surface area contributed by atoms with Gasteiger partial charge in [-0.15, -0.1) is 0 Å². The third-order valence-electron chi connectivity index (χ3n) is 7.23. The van der Waals surface area contributed by atoms with Crippen LogP contribution in [0.15, 0.2) is 29.5 Å². The van der Waals surface area contributed by atoms with Gasteiger partial charge >= 0.3 is 5.97 Å². The van der Waals surface area contributed by atoms with Crippen LogP contribution in [0, 0.1) is 23.6 Å². The summed E-state index contributed by atoms with van der Waals surface area (Å²) in [5.41, 5.74) is -0.213. The second kappa shape index (κ2) is 10.9. The fourth-order valence-electron chi connectivity index (χ4n) is 4.35. The number of ketones is 2. The summed E-state index contributed by atoms with van der Waals surface area (Å²) in [7, 11) is 0. The third kappa shape index (κ3) is 6.90. The van der Waals surface area contributed by atoms with Gasteiger partial charge in [-0.1, -0.05) is 19.9 Å². The van der Waals surface area contributed by atoms with Gasteiger partial charge in [-0.05, 0) is 62.6 Å². The van der Waals surface area contributed by atoms with Crippen LogP contribution in [0.1, 0.15) is 65.4 Å². The van der Waals surface area contributed by atoms with Gasteiger partial charge in [0.25, 0.3) is 0 Å². The van der Waals surface area contributed by atoms with E-state index in [1.807, 2.05) is 18.7 Å². The Balaban J connectivity index is 1.72. The molecule has 2 N–H and O–H groups in total. The number of Topliss-reactive ketones (excluding diaryl/α,β-unsaturated/α-hetero) is 2. The normalized spacial score (nSPS) is 20.3. The summed E-state index contributed by atoms with van der Waals surface area (Å²) in [6.45, 7) is 7.84. The average Bonchev–Trinajstić information content (AvgIpc) is 3.60. The van der Waals surface area contributed by atoms with E-state index in [9.17, 15) is 23.9 Å². The van der Waals surface area contributed by atoms with Crippen LogP contribution in [-0.4, -0.2) is 51.3 Å². The van der Waals surface area contributed by atoms with Gasteiger partial charge in [-0.25, -0.2) is 4.39 Å². The van der Waals surface area contributed by atoms with E-state index in [0.29, 0.717) is 24.5 Å². The second-order valence-corrected chi connectivity index (χ2v) is 10.7. The Morgan fingerprint density at radius 1 is 1.26 bits per heavy atom. The number of benzene rings is 1. The molecule has 1 aromatic carbocycles. The first kappa shape index (κ1) is 26.9. The van der Waals surface area contributed by atoms with Gasteiger partial charge in [0, 0.05) is 30.8 Å². The molecule has 8 heteroatoms. The Morgan fingerprint density at radius 2 is 1.94 bits per heavy atom. The Hall–Kier alpha value is -2.74. The fourth-order valence-corrected chi connectivity index (χ4v) is 4.35. The summed E-state index contributed by atoms with van der Waals surface area (Å²) < 4.78 is 20.1. The number of hydrogen-bond donors (Lipinski definition) is 2. The molecule has 2 atom stereocenters. The van der Waals surface area contributed by atoms with Crippen LogP contribution in [0.3, 0.4) is 0 Å². The Bertz CT molecular complexity index is 1010. The van der Waals surface area contributed by atoms with Crippen LogP contribution >= 0.6 is 0 Å². The van der Waals surface area contributed by atoms with Crippen molar-refractivity contribution in [1.82, 2.24) is 4.90 Å². The molecule has 0 aromatic heterocycles. The van der Waals surface area contributed by atoms with Gasteiger partial charge < -0.3 is 14.9 Å². The van der Waals surface area contributed by atoms with E-state index in [1.165, 1.54) is 6.07 Å². The van der Waals surface area contributed by atoms with Crippen LogP contribution in [0.25, 0.3) is 0 Å². The van der Waals surface area contributed by atoms with Gasteiger partial charge in [0.1, 0.15) is 5.76 Å². The number of halogens is 1. The highest BCUT2D eigenvalue weighted by atomic mass is 19.1. The number of ether oxygens (including phenoxy) is 1. The van der Waals surface area contributed by atoms with Crippen molar-refractivity contribution in [3.8, 4) is 5.75 Å². The molecule has 0 spiro atoms. The maximum absolute atomic E-state index is 14.6.